The summed E-state index contributed by atoms with van der Waals surface area (Å²) >= 11 is 0. The Kier molecular flexibility index (Phi) is 3.36. The molecule has 0 saturated heterocycles. The average Bonchev–Trinajstić information content (AvgIpc) is 3.08. The molecule has 2 rings (SSSR count). The lowest BCUT2D eigenvalue weighted by molar-refractivity contribution is 0.237. The first kappa shape index (κ1) is 12.0. The van der Waals surface area contributed by atoms with Crippen molar-refractivity contribution in [3.63, 3.8) is 0 Å². The maximum Gasteiger partial charge on any atom is 0.315 e. The van der Waals surface area contributed by atoms with Gasteiger partial charge in [0.15, 0.2) is 0 Å². The number of hydrogen-bond donors (Lipinski definition) is 2. The zero-order valence-electron chi connectivity index (χ0n) is 10.5. The highest BCUT2D eigenvalue weighted by molar-refractivity contribution is 5.74. The molecule has 0 aliphatic heterocycles. The lowest BCUT2D eigenvalue weighted by atomic mass is 9.96. The van der Waals surface area contributed by atoms with E-state index >= 15 is 0 Å². The molecule has 1 aromatic rings. The zero-order valence-corrected chi connectivity index (χ0v) is 10.5. The van der Waals surface area contributed by atoms with E-state index in [1.807, 2.05) is 19.9 Å². The summed E-state index contributed by atoms with van der Waals surface area (Å²) in [5.74, 6) is 0. The summed E-state index contributed by atoms with van der Waals surface area (Å²) < 4.78 is 0. The van der Waals surface area contributed by atoms with Gasteiger partial charge in [0.2, 0.25) is 0 Å². The van der Waals surface area contributed by atoms with Crippen molar-refractivity contribution in [1.29, 1.82) is 0 Å². The van der Waals surface area contributed by atoms with Crippen molar-refractivity contribution in [3.05, 3.63) is 35.9 Å². The summed E-state index contributed by atoms with van der Waals surface area (Å²) in [5.41, 5.74) is 1.53. The van der Waals surface area contributed by atoms with E-state index in [2.05, 4.69) is 34.9 Å². The minimum absolute atomic E-state index is 0.0674. The summed E-state index contributed by atoms with van der Waals surface area (Å²) in [5, 5.41) is 5.81. The topological polar surface area (TPSA) is 41.1 Å². The highest BCUT2D eigenvalue weighted by Crippen LogP contribution is 2.47. The predicted octanol–water partition coefficient (Wildman–Crippen LogP) is 2.43. The maximum atomic E-state index is 11.5. The molecule has 17 heavy (non-hydrogen) atoms. The van der Waals surface area contributed by atoms with Gasteiger partial charge in [-0.15, -0.1) is 0 Å². The van der Waals surface area contributed by atoms with Crippen LogP contribution in [0.1, 0.15) is 32.3 Å². The van der Waals surface area contributed by atoms with Crippen molar-refractivity contribution in [1.82, 2.24) is 10.6 Å². The van der Waals surface area contributed by atoms with Gasteiger partial charge >= 0.3 is 6.03 Å². The fourth-order valence-corrected chi connectivity index (χ4v) is 2.07. The number of urea groups is 1. The molecule has 0 radical (unpaired) electrons. The van der Waals surface area contributed by atoms with Crippen molar-refractivity contribution >= 4 is 6.03 Å². The van der Waals surface area contributed by atoms with Crippen LogP contribution >= 0.6 is 0 Å². The van der Waals surface area contributed by atoms with E-state index in [0.717, 1.165) is 6.54 Å². The van der Waals surface area contributed by atoms with Gasteiger partial charge in [0.05, 0.1) is 0 Å². The van der Waals surface area contributed by atoms with Gasteiger partial charge in [0.1, 0.15) is 0 Å². The lowest BCUT2D eigenvalue weighted by Crippen LogP contribution is -2.42. The lowest BCUT2D eigenvalue weighted by Gasteiger charge is -2.17. The van der Waals surface area contributed by atoms with E-state index in [9.17, 15) is 4.79 Å². The van der Waals surface area contributed by atoms with E-state index in [1.54, 1.807) is 0 Å². The first-order chi connectivity index (χ1) is 8.12. The Labute approximate surface area is 103 Å². The predicted molar refractivity (Wildman–Crippen MR) is 69.0 cm³/mol. The van der Waals surface area contributed by atoms with Crippen molar-refractivity contribution in [2.45, 2.75) is 38.1 Å². The molecule has 0 unspecified atom stereocenters. The van der Waals surface area contributed by atoms with E-state index in [1.165, 1.54) is 18.4 Å². The average molecular weight is 232 g/mol. The molecule has 2 N–H and O–H groups in total. The molecule has 0 spiro atoms. The quantitative estimate of drug-likeness (QED) is 0.822. The minimum Gasteiger partial charge on any atom is -0.337 e. The number of benzene rings is 1. The molecule has 2 amide bonds. The molecule has 1 saturated carbocycles. The number of hydrogen-bond acceptors (Lipinski definition) is 1. The molecule has 0 bridgehead atoms. The summed E-state index contributed by atoms with van der Waals surface area (Å²) in [7, 11) is 0. The first-order valence-corrected chi connectivity index (χ1v) is 6.22. The smallest absolute Gasteiger partial charge is 0.315 e. The van der Waals surface area contributed by atoms with Gasteiger partial charge in [-0.05, 0) is 32.3 Å². The van der Waals surface area contributed by atoms with Gasteiger partial charge in [0, 0.05) is 18.0 Å². The van der Waals surface area contributed by atoms with Gasteiger partial charge < -0.3 is 10.6 Å². The molecule has 1 aliphatic carbocycles. The normalized spacial score (nSPS) is 16.6. The monoisotopic (exact) mass is 232 g/mol. The van der Waals surface area contributed by atoms with Crippen molar-refractivity contribution in [2.75, 3.05) is 6.54 Å². The molecule has 3 heteroatoms. The van der Waals surface area contributed by atoms with E-state index in [0.29, 0.717) is 0 Å². The number of amides is 2. The van der Waals surface area contributed by atoms with Crippen molar-refractivity contribution in [3.8, 4) is 0 Å². The Bertz CT molecular complexity index is 382. The second kappa shape index (κ2) is 4.78. The molecule has 0 heterocycles. The van der Waals surface area contributed by atoms with Crippen LogP contribution in [0.25, 0.3) is 0 Å². The van der Waals surface area contributed by atoms with Crippen LogP contribution in [0, 0.1) is 0 Å². The highest BCUT2D eigenvalue weighted by atomic mass is 16.2. The molecule has 0 atom stereocenters. The Morgan fingerprint density at radius 1 is 1.29 bits per heavy atom. The number of nitrogens with one attached hydrogen (secondary N) is 2. The van der Waals surface area contributed by atoms with Crippen LogP contribution in [0.2, 0.25) is 0 Å². The van der Waals surface area contributed by atoms with Crippen molar-refractivity contribution < 1.29 is 4.79 Å². The third-order valence-electron chi connectivity index (χ3n) is 3.25. The summed E-state index contributed by atoms with van der Waals surface area (Å²) in [6.45, 7) is 4.66. The van der Waals surface area contributed by atoms with Gasteiger partial charge in [-0.25, -0.2) is 4.79 Å². The van der Waals surface area contributed by atoms with Gasteiger partial charge in [0.25, 0.3) is 0 Å². The van der Waals surface area contributed by atoms with Crippen LogP contribution in [0.15, 0.2) is 30.3 Å². The third kappa shape index (κ3) is 2.99. The van der Waals surface area contributed by atoms with E-state index in [-0.39, 0.29) is 17.5 Å². The Balaban J connectivity index is 1.89. The number of carbonyl (C=O) groups is 1. The largest absolute Gasteiger partial charge is 0.337 e. The Hall–Kier alpha value is -1.51. The van der Waals surface area contributed by atoms with Crippen LogP contribution in [0.3, 0.4) is 0 Å². The third-order valence-corrected chi connectivity index (χ3v) is 3.25. The van der Waals surface area contributed by atoms with Crippen LogP contribution in [-0.4, -0.2) is 18.6 Å². The molecule has 1 aliphatic rings. The fraction of sp³-hybridized carbons (Fsp3) is 0.500. The molecule has 0 aromatic heterocycles. The molecule has 1 fully saturated rings. The highest BCUT2D eigenvalue weighted by Gasteiger charge is 2.44. The maximum absolute atomic E-state index is 11.5. The summed E-state index contributed by atoms with van der Waals surface area (Å²) in [4.78, 5) is 11.5. The van der Waals surface area contributed by atoms with Crippen LogP contribution < -0.4 is 10.6 Å². The fourth-order valence-electron chi connectivity index (χ4n) is 2.07. The van der Waals surface area contributed by atoms with E-state index < -0.39 is 0 Å². The van der Waals surface area contributed by atoms with Crippen LogP contribution in [0.4, 0.5) is 4.79 Å². The second-order valence-electron chi connectivity index (χ2n) is 5.13. The number of carbonyl (C=O) groups excluding carboxylic acids is 1. The second-order valence-corrected chi connectivity index (χ2v) is 5.13. The van der Waals surface area contributed by atoms with Crippen molar-refractivity contribution in [2.24, 2.45) is 0 Å². The SMILES string of the molecule is CC(C)NC(=O)NCC1(c2ccccc2)CC1. The molecule has 92 valence electrons. The molecule has 3 nitrogen and oxygen atoms in total. The van der Waals surface area contributed by atoms with Gasteiger partial charge in [-0.1, -0.05) is 30.3 Å². The summed E-state index contributed by atoms with van der Waals surface area (Å²) in [6.07, 6.45) is 2.33. The van der Waals surface area contributed by atoms with Gasteiger partial charge in [-0.3, -0.25) is 0 Å². The number of rotatable bonds is 4. The van der Waals surface area contributed by atoms with E-state index in [4.69, 9.17) is 0 Å². The standard InChI is InChI=1S/C14H20N2O/c1-11(2)16-13(17)15-10-14(8-9-14)12-6-4-3-5-7-12/h3-7,11H,8-10H2,1-2H3,(H2,15,16,17). The summed E-state index contributed by atoms with van der Waals surface area (Å²) in [6, 6.07) is 10.6. The molecule has 1 aromatic carbocycles. The Morgan fingerprint density at radius 3 is 2.47 bits per heavy atom. The van der Waals surface area contributed by atoms with Gasteiger partial charge in [-0.2, -0.15) is 0 Å². The van der Waals surface area contributed by atoms with Crippen LogP contribution in [0.5, 0.6) is 0 Å². The Morgan fingerprint density at radius 2 is 1.94 bits per heavy atom. The first-order valence-electron chi connectivity index (χ1n) is 6.22. The minimum atomic E-state index is -0.0674. The zero-order chi connectivity index (χ0) is 12.3. The molecular weight excluding hydrogens is 212 g/mol. The molecular formula is C14H20N2O. The van der Waals surface area contributed by atoms with Crippen LogP contribution in [-0.2, 0) is 5.41 Å².